The Labute approximate surface area is 107 Å². The summed E-state index contributed by atoms with van der Waals surface area (Å²) < 4.78 is 5.94. The first-order valence-electron chi connectivity index (χ1n) is 6.97. The molecule has 0 bridgehead atoms. The fraction of sp³-hybridized carbons (Fsp3) is 0.867. The molecular weight excluding hydrogens is 210 g/mol. The first-order chi connectivity index (χ1) is 8.07. The average molecular weight is 239 g/mol. The van der Waals surface area contributed by atoms with Crippen molar-refractivity contribution >= 4 is 0 Å². The van der Waals surface area contributed by atoms with Crippen molar-refractivity contribution < 1.29 is 4.74 Å². The molecule has 3 unspecified atom stereocenters. The van der Waals surface area contributed by atoms with Crippen molar-refractivity contribution in [1.82, 2.24) is 5.32 Å². The minimum Gasteiger partial charge on any atom is -0.377 e. The van der Waals surface area contributed by atoms with Crippen LogP contribution in [0.25, 0.3) is 0 Å². The third-order valence-corrected chi connectivity index (χ3v) is 4.37. The van der Waals surface area contributed by atoms with Crippen LogP contribution >= 0.6 is 0 Å². The highest BCUT2D eigenvalue weighted by Crippen LogP contribution is 2.38. The number of nitrogens with one attached hydrogen (secondary N) is 1. The van der Waals surface area contributed by atoms with Gasteiger partial charge in [0, 0.05) is 13.2 Å². The van der Waals surface area contributed by atoms with Gasteiger partial charge in [0.1, 0.15) is 0 Å². The zero-order valence-corrected chi connectivity index (χ0v) is 12.0. The van der Waals surface area contributed by atoms with Gasteiger partial charge in [-0.25, -0.2) is 0 Å². The second-order valence-corrected chi connectivity index (χ2v) is 5.62. The van der Waals surface area contributed by atoms with Gasteiger partial charge in [0.05, 0.1) is 5.60 Å². The summed E-state index contributed by atoms with van der Waals surface area (Å²) in [6.45, 7) is 8.66. The van der Waals surface area contributed by atoms with Crippen molar-refractivity contribution in [2.75, 3.05) is 14.2 Å². The van der Waals surface area contributed by atoms with Crippen molar-refractivity contribution in [2.24, 2.45) is 5.92 Å². The molecule has 100 valence electrons. The van der Waals surface area contributed by atoms with Gasteiger partial charge in [-0.05, 0) is 38.6 Å². The zero-order valence-electron chi connectivity index (χ0n) is 12.0. The van der Waals surface area contributed by atoms with Gasteiger partial charge in [0.2, 0.25) is 0 Å². The second kappa shape index (κ2) is 6.55. The summed E-state index contributed by atoms with van der Waals surface area (Å²) in [4.78, 5) is 0. The molecule has 17 heavy (non-hydrogen) atoms. The number of rotatable bonds is 6. The molecule has 0 aromatic heterocycles. The van der Waals surface area contributed by atoms with E-state index < -0.39 is 0 Å². The third-order valence-electron chi connectivity index (χ3n) is 4.37. The smallest absolute Gasteiger partial charge is 0.0836 e. The van der Waals surface area contributed by atoms with E-state index in [0.717, 1.165) is 18.8 Å². The molecule has 0 spiro atoms. The first-order valence-corrected chi connectivity index (χ1v) is 6.97. The van der Waals surface area contributed by atoms with Crippen LogP contribution in [0, 0.1) is 5.92 Å². The van der Waals surface area contributed by atoms with E-state index in [1.54, 1.807) is 0 Å². The van der Waals surface area contributed by atoms with Gasteiger partial charge in [0.15, 0.2) is 0 Å². The quantitative estimate of drug-likeness (QED) is 0.716. The lowest BCUT2D eigenvalue weighted by Crippen LogP contribution is -2.53. The van der Waals surface area contributed by atoms with E-state index in [1.165, 1.54) is 31.3 Å². The Morgan fingerprint density at radius 3 is 2.76 bits per heavy atom. The largest absolute Gasteiger partial charge is 0.377 e. The summed E-state index contributed by atoms with van der Waals surface area (Å²) in [5.41, 5.74) is 1.34. The van der Waals surface area contributed by atoms with Crippen LogP contribution in [0.15, 0.2) is 12.2 Å². The maximum absolute atomic E-state index is 5.94. The third kappa shape index (κ3) is 3.56. The van der Waals surface area contributed by atoms with Gasteiger partial charge in [-0.3, -0.25) is 0 Å². The first kappa shape index (κ1) is 14.7. The van der Waals surface area contributed by atoms with Crippen LogP contribution in [0.5, 0.6) is 0 Å². The zero-order chi connectivity index (χ0) is 12.9. The molecule has 0 heterocycles. The predicted octanol–water partition coefficient (Wildman–Crippen LogP) is 3.53. The molecule has 0 aromatic rings. The number of methoxy groups -OCH3 is 1. The Hall–Kier alpha value is -0.340. The van der Waals surface area contributed by atoms with Gasteiger partial charge in [-0.2, -0.15) is 0 Å². The summed E-state index contributed by atoms with van der Waals surface area (Å²) in [5.74, 6) is 0.773. The van der Waals surface area contributed by atoms with E-state index in [-0.39, 0.29) is 5.60 Å². The van der Waals surface area contributed by atoms with Gasteiger partial charge < -0.3 is 10.1 Å². The van der Waals surface area contributed by atoms with Crippen LogP contribution < -0.4 is 5.32 Å². The van der Waals surface area contributed by atoms with Gasteiger partial charge in [0.25, 0.3) is 0 Å². The van der Waals surface area contributed by atoms with Crippen molar-refractivity contribution in [2.45, 2.75) is 64.0 Å². The molecule has 1 N–H and O–H groups in total. The average Bonchev–Trinajstić information content (AvgIpc) is 2.35. The van der Waals surface area contributed by atoms with Crippen molar-refractivity contribution in [3.8, 4) is 0 Å². The van der Waals surface area contributed by atoms with Crippen molar-refractivity contribution in [1.29, 1.82) is 0 Å². The molecular formula is C15H29NO. The summed E-state index contributed by atoms with van der Waals surface area (Å²) >= 11 is 0. The van der Waals surface area contributed by atoms with E-state index in [1.807, 2.05) is 14.2 Å². The molecule has 2 nitrogen and oxygen atoms in total. The highest BCUT2D eigenvalue weighted by atomic mass is 16.5. The Bertz CT molecular complexity index is 251. The molecule has 1 saturated carbocycles. The van der Waals surface area contributed by atoms with Gasteiger partial charge >= 0.3 is 0 Å². The summed E-state index contributed by atoms with van der Waals surface area (Å²) in [7, 11) is 3.92. The van der Waals surface area contributed by atoms with Crippen molar-refractivity contribution in [3.05, 3.63) is 12.2 Å². The highest BCUT2D eigenvalue weighted by molar-refractivity contribution is 5.05. The highest BCUT2D eigenvalue weighted by Gasteiger charge is 2.41. The molecule has 0 saturated heterocycles. The molecule has 1 rings (SSSR count). The minimum absolute atomic E-state index is 0.0184. The topological polar surface area (TPSA) is 21.3 Å². The molecule has 0 radical (unpaired) electrons. The predicted molar refractivity (Wildman–Crippen MR) is 74.3 cm³/mol. The lowest BCUT2D eigenvalue weighted by Gasteiger charge is -2.45. The molecule has 2 heteroatoms. The normalized spacial score (nSPS) is 31.2. The summed E-state index contributed by atoms with van der Waals surface area (Å²) in [5, 5.41) is 3.46. The van der Waals surface area contributed by atoms with E-state index in [2.05, 4.69) is 25.7 Å². The maximum Gasteiger partial charge on any atom is 0.0836 e. The Kier molecular flexibility index (Phi) is 5.68. The Morgan fingerprint density at radius 2 is 2.29 bits per heavy atom. The number of hydrogen-bond donors (Lipinski definition) is 1. The van der Waals surface area contributed by atoms with Gasteiger partial charge in [-0.1, -0.05) is 38.8 Å². The summed E-state index contributed by atoms with van der Waals surface area (Å²) in [6.07, 6.45) is 7.07. The molecule has 1 fully saturated rings. The number of ether oxygens (including phenoxy) is 1. The number of likely N-dealkylation sites (N-methyl/N-ethyl adjacent to an activating group) is 1. The molecule has 3 atom stereocenters. The van der Waals surface area contributed by atoms with Crippen LogP contribution in [-0.2, 0) is 4.74 Å². The molecule has 1 aliphatic carbocycles. The van der Waals surface area contributed by atoms with E-state index in [0.29, 0.717) is 6.04 Å². The maximum atomic E-state index is 5.94. The van der Waals surface area contributed by atoms with E-state index in [9.17, 15) is 0 Å². The molecule has 0 aliphatic heterocycles. The minimum atomic E-state index is 0.0184. The van der Waals surface area contributed by atoms with Crippen LogP contribution in [0.4, 0.5) is 0 Å². The lowest BCUT2D eigenvalue weighted by molar-refractivity contribution is -0.0776. The van der Waals surface area contributed by atoms with E-state index in [4.69, 9.17) is 4.74 Å². The molecule has 0 aromatic carbocycles. The van der Waals surface area contributed by atoms with Crippen molar-refractivity contribution in [3.63, 3.8) is 0 Å². The molecule has 0 amide bonds. The van der Waals surface area contributed by atoms with Gasteiger partial charge in [-0.15, -0.1) is 0 Å². The molecule has 1 aliphatic rings. The fourth-order valence-corrected chi connectivity index (χ4v) is 3.17. The monoisotopic (exact) mass is 239 g/mol. The van der Waals surface area contributed by atoms with Crippen LogP contribution in [-0.4, -0.2) is 25.8 Å². The SMILES string of the molecule is C=C(CC)CC(NC)C1(OC)CCCC(C)C1. The Balaban J connectivity index is 2.77. The second-order valence-electron chi connectivity index (χ2n) is 5.62. The van der Waals surface area contributed by atoms with Crippen LogP contribution in [0.2, 0.25) is 0 Å². The Morgan fingerprint density at radius 1 is 1.59 bits per heavy atom. The lowest BCUT2D eigenvalue weighted by atomic mass is 9.73. The number of hydrogen-bond acceptors (Lipinski definition) is 2. The van der Waals surface area contributed by atoms with Crippen LogP contribution in [0.3, 0.4) is 0 Å². The van der Waals surface area contributed by atoms with E-state index >= 15 is 0 Å². The summed E-state index contributed by atoms with van der Waals surface area (Å²) in [6, 6.07) is 0.405. The fourth-order valence-electron chi connectivity index (χ4n) is 3.17. The standard InChI is InChI=1S/C15H29NO/c1-6-12(2)10-14(16-4)15(17-5)9-7-8-13(3)11-15/h13-14,16H,2,6-11H2,1,3-5H3. The van der Waals surface area contributed by atoms with Crippen LogP contribution in [0.1, 0.15) is 52.4 Å².